The van der Waals surface area contributed by atoms with Gasteiger partial charge in [-0.15, -0.1) is 0 Å². The summed E-state index contributed by atoms with van der Waals surface area (Å²) in [6.07, 6.45) is 7.28. The number of rotatable bonds is 5. The Kier molecular flexibility index (Phi) is 4.13. The van der Waals surface area contributed by atoms with Crippen molar-refractivity contribution in [1.29, 1.82) is 0 Å². The molecule has 4 heteroatoms. The first kappa shape index (κ1) is 15.9. The molecule has 26 heavy (non-hydrogen) atoms. The van der Waals surface area contributed by atoms with Gasteiger partial charge in [-0.25, -0.2) is 4.98 Å². The van der Waals surface area contributed by atoms with Crippen LogP contribution in [-0.4, -0.2) is 35.2 Å². The number of imidazole rings is 1. The smallest absolute Gasteiger partial charge is 0.100 e. The minimum Gasteiger partial charge on any atom is -0.371 e. The Hall–Kier alpha value is -2.33. The number of anilines is 1. The van der Waals surface area contributed by atoms with Crippen LogP contribution < -0.4 is 10.2 Å². The summed E-state index contributed by atoms with van der Waals surface area (Å²) in [4.78, 5) is 7.01. The predicted molar refractivity (Wildman–Crippen MR) is 107 cm³/mol. The molecule has 5 rings (SSSR count). The Morgan fingerprint density at radius 3 is 2.38 bits per heavy atom. The van der Waals surface area contributed by atoms with Crippen molar-refractivity contribution in [2.24, 2.45) is 5.92 Å². The van der Waals surface area contributed by atoms with Gasteiger partial charge in [0.25, 0.3) is 0 Å². The molecule has 0 radical (unpaired) electrons. The van der Waals surface area contributed by atoms with Crippen LogP contribution in [0, 0.1) is 5.92 Å². The van der Waals surface area contributed by atoms with Gasteiger partial charge < -0.3 is 10.2 Å². The Bertz CT molecular complexity index is 871. The maximum Gasteiger partial charge on any atom is 0.100 e. The van der Waals surface area contributed by atoms with Gasteiger partial charge in [0, 0.05) is 30.5 Å². The molecule has 1 aromatic heterocycles. The largest absolute Gasteiger partial charge is 0.371 e. The average Bonchev–Trinajstić information content (AvgIpc) is 3.44. The Morgan fingerprint density at radius 2 is 1.62 bits per heavy atom. The van der Waals surface area contributed by atoms with Crippen molar-refractivity contribution in [3.63, 3.8) is 0 Å². The first-order valence-corrected chi connectivity index (χ1v) is 9.88. The molecule has 3 aromatic rings. The monoisotopic (exact) mass is 346 g/mol. The highest BCUT2D eigenvalue weighted by Gasteiger charge is 2.24. The van der Waals surface area contributed by atoms with E-state index in [0.717, 1.165) is 30.0 Å². The third-order valence-corrected chi connectivity index (χ3v) is 5.83. The number of nitrogens with one attached hydrogen (secondary N) is 1. The molecule has 2 fully saturated rings. The minimum absolute atomic E-state index is 0.712. The molecule has 134 valence electrons. The van der Waals surface area contributed by atoms with Gasteiger partial charge in [-0.1, -0.05) is 12.1 Å². The molecule has 1 saturated heterocycles. The van der Waals surface area contributed by atoms with E-state index in [1.54, 1.807) is 0 Å². The van der Waals surface area contributed by atoms with Crippen LogP contribution >= 0.6 is 0 Å². The first-order valence-electron chi connectivity index (χ1n) is 9.88. The van der Waals surface area contributed by atoms with Crippen molar-refractivity contribution < 1.29 is 0 Å². The van der Waals surface area contributed by atoms with E-state index in [-0.39, 0.29) is 0 Å². The van der Waals surface area contributed by atoms with E-state index in [2.05, 4.69) is 62.2 Å². The van der Waals surface area contributed by atoms with E-state index in [4.69, 9.17) is 0 Å². The van der Waals surface area contributed by atoms with Crippen LogP contribution in [0.15, 0.2) is 54.9 Å². The average molecular weight is 346 g/mol. The highest BCUT2D eigenvalue weighted by atomic mass is 15.1. The zero-order chi connectivity index (χ0) is 17.3. The number of hydrogen-bond acceptors (Lipinski definition) is 3. The van der Waals surface area contributed by atoms with E-state index in [1.165, 1.54) is 43.6 Å². The van der Waals surface area contributed by atoms with Gasteiger partial charge in [0.1, 0.15) is 6.33 Å². The molecular weight excluding hydrogens is 320 g/mol. The fourth-order valence-electron chi connectivity index (χ4n) is 3.99. The summed E-state index contributed by atoms with van der Waals surface area (Å²) in [5.74, 6) is 0.972. The molecule has 0 atom stereocenters. The summed E-state index contributed by atoms with van der Waals surface area (Å²) in [6, 6.07) is 17.9. The van der Waals surface area contributed by atoms with E-state index in [1.807, 2.05) is 12.4 Å². The molecule has 1 aliphatic heterocycles. The number of piperidine rings is 1. The summed E-state index contributed by atoms with van der Waals surface area (Å²) in [7, 11) is 0. The van der Waals surface area contributed by atoms with Crippen molar-refractivity contribution in [2.45, 2.75) is 31.7 Å². The maximum atomic E-state index is 4.50. The van der Waals surface area contributed by atoms with Crippen LogP contribution in [0.5, 0.6) is 0 Å². The van der Waals surface area contributed by atoms with E-state index < -0.39 is 0 Å². The number of nitrogens with zero attached hydrogens (tertiary/aromatic N) is 3. The standard InChI is InChI=1S/C22H26N4/c1-2-4-22-21(3-1)24-16-26(22)20-9-7-19(8-10-20)25-13-11-18(12-14-25)23-15-17-5-6-17/h1-4,7-10,16-18,23H,5-6,11-15H2. The molecule has 0 spiro atoms. The zero-order valence-corrected chi connectivity index (χ0v) is 15.1. The number of para-hydroxylation sites is 2. The fraction of sp³-hybridized carbons (Fsp3) is 0.409. The Morgan fingerprint density at radius 1 is 0.885 bits per heavy atom. The van der Waals surface area contributed by atoms with Gasteiger partial charge >= 0.3 is 0 Å². The van der Waals surface area contributed by atoms with Crippen LogP contribution in [0.4, 0.5) is 5.69 Å². The third kappa shape index (κ3) is 3.21. The van der Waals surface area contributed by atoms with Crippen LogP contribution in [0.1, 0.15) is 25.7 Å². The first-order chi connectivity index (χ1) is 12.9. The van der Waals surface area contributed by atoms with Crippen LogP contribution in [0.2, 0.25) is 0 Å². The zero-order valence-electron chi connectivity index (χ0n) is 15.1. The molecule has 2 heterocycles. The van der Waals surface area contributed by atoms with Crippen molar-refractivity contribution in [2.75, 3.05) is 24.5 Å². The second-order valence-corrected chi connectivity index (χ2v) is 7.73. The van der Waals surface area contributed by atoms with Gasteiger partial charge in [-0.3, -0.25) is 4.57 Å². The van der Waals surface area contributed by atoms with Gasteiger partial charge in [-0.2, -0.15) is 0 Å². The highest BCUT2D eigenvalue weighted by molar-refractivity contribution is 5.77. The SMILES string of the molecule is c1ccc2c(c1)ncn2-c1ccc(N2CCC(NCC3CC3)CC2)cc1. The molecule has 0 bridgehead atoms. The molecule has 1 aliphatic carbocycles. The van der Waals surface area contributed by atoms with Gasteiger partial charge in [0.15, 0.2) is 0 Å². The Balaban J connectivity index is 1.25. The lowest BCUT2D eigenvalue weighted by Crippen LogP contribution is -2.43. The van der Waals surface area contributed by atoms with Crippen molar-refractivity contribution in [3.05, 3.63) is 54.9 Å². The van der Waals surface area contributed by atoms with Crippen LogP contribution in [0.25, 0.3) is 16.7 Å². The Labute approximate surface area is 154 Å². The summed E-state index contributed by atoms with van der Waals surface area (Å²) in [5, 5.41) is 3.76. The lowest BCUT2D eigenvalue weighted by Gasteiger charge is -2.34. The van der Waals surface area contributed by atoms with Crippen molar-refractivity contribution in [1.82, 2.24) is 14.9 Å². The summed E-state index contributed by atoms with van der Waals surface area (Å²) < 4.78 is 2.16. The van der Waals surface area contributed by atoms with Gasteiger partial charge in [0.2, 0.25) is 0 Å². The molecule has 2 aromatic carbocycles. The quantitative estimate of drug-likeness (QED) is 0.758. The highest BCUT2D eigenvalue weighted by Crippen LogP contribution is 2.28. The summed E-state index contributed by atoms with van der Waals surface area (Å²) >= 11 is 0. The predicted octanol–water partition coefficient (Wildman–Crippen LogP) is 3.99. The number of aromatic nitrogens is 2. The minimum atomic E-state index is 0.712. The number of benzene rings is 2. The molecular formula is C22H26N4. The van der Waals surface area contributed by atoms with E-state index >= 15 is 0 Å². The second-order valence-electron chi connectivity index (χ2n) is 7.73. The van der Waals surface area contributed by atoms with E-state index in [0.29, 0.717) is 6.04 Å². The topological polar surface area (TPSA) is 33.1 Å². The maximum absolute atomic E-state index is 4.50. The third-order valence-electron chi connectivity index (χ3n) is 5.83. The molecule has 4 nitrogen and oxygen atoms in total. The van der Waals surface area contributed by atoms with Gasteiger partial charge in [0.05, 0.1) is 11.0 Å². The molecule has 1 saturated carbocycles. The van der Waals surface area contributed by atoms with E-state index in [9.17, 15) is 0 Å². The fourth-order valence-corrected chi connectivity index (χ4v) is 3.99. The lowest BCUT2D eigenvalue weighted by atomic mass is 10.0. The normalized spacial score (nSPS) is 18.5. The second kappa shape index (κ2) is 6.76. The summed E-state index contributed by atoms with van der Waals surface area (Å²) in [5.41, 5.74) is 4.70. The van der Waals surface area contributed by atoms with Gasteiger partial charge in [-0.05, 0) is 74.5 Å². The lowest BCUT2D eigenvalue weighted by molar-refractivity contribution is 0.409. The molecule has 0 amide bonds. The van der Waals surface area contributed by atoms with Crippen molar-refractivity contribution >= 4 is 16.7 Å². The summed E-state index contributed by atoms with van der Waals surface area (Å²) in [6.45, 7) is 3.53. The molecule has 1 N–H and O–H groups in total. The number of fused-ring (bicyclic) bond motifs is 1. The van der Waals surface area contributed by atoms with Crippen LogP contribution in [-0.2, 0) is 0 Å². The molecule has 0 unspecified atom stereocenters. The molecule has 2 aliphatic rings. The van der Waals surface area contributed by atoms with Crippen LogP contribution in [0.3, 0.4) is 0 Å². The van der Waals surface area contributed by atoms with Crippen molar-refractivity contribution in [3.8, 4) is 5.69 Å². The number of hydrogen-bond donors (Lipinski definition) is 1.